The van der Waals surface area contributed by atoms with Gasteiger partial charge in [-0.1, -0.05) is 29.8 Å². The number of hydrogen-bond donors (Lipinski definition) is 1. The molecule has 8 heteroatoms. The molecule has 0 saturated carbocycles. The summed E-state index contributed by atoms with van der Waals surface area (Å²) in [5, 5.41) is 3.31. The average molecular weight is 411 g/mol. The monoisotopic (exact) mass is 410 g/mol. The van der Waals surface area contributed by atoms with Crippen LogP contribution in [0, 0.1) is 11.7 Å². The third-order valence-corrected chi connectivity index (χ3v) is 6.55. The Morgan fingerprint density at radius 2 is 1.96 bits per heavy atom. The molecular weight excluding hydrogens is 391 g/mol. The molecule has 0 radical (unpaired) electrons. The van der Waals surface area contributed by atoms with Gasteiger partial charge >= 0.3 is 0 Å². The van der Waals surface area contributed by atoms with Crippen molar-refractivity contribution >= 4 is 33.2 Å². The van der Waals surface area contributed by atoms with Gasteiger partial charge in [0, 0.05) is 23.8 Å². The summed E-state index contributed by atoms with van der Waals surface area (Å²) in [5.74, 6) is -1.28. The molecule has 1 N–H and O–H groups in total. The summed E-state index contributed by atoms with van der Waals surface area (Å²) in [5.41, 5.74) is 1.10. The highest BCUT2D eigenvalue weighted by atomic mass is 35.5. The molecule has 1 heterocycles. The van der Waals surface area contributed by atoms with Gasteiger partial charge in [0.05, 0.1) is 11.7 Å². The summed E-state index contributed by atoms with van der Waals surface area (Å²) >= 11 is 5.92. The minimum Gasteiger partial charge on any atom is -0.326 e. The van der Waals surface area contributed by atoms with Crippen molar-refractivity contribution in [3.8, 4) is 0 Å². The summed E-state index contributed by atoms with van der Waals surface area (Å²) in [4.78, 5) is 12.5. The lowest BCUT2D eigenvalue weighted by Crippen LogP contribution is -2.44. The molecule has 2 aromatic rings. The number of rotatable bonds is 5. The number of carbonyl (C=O) groups is 1. The molecule has 1 aliphatic rings. The fourth-order valence-electron chi connectivity index (χ4n) is 3.10. The highest BCUT2D eigenvalue weighted by molar-refractivity contribution is 7.88. The third-order valence-electron chi connectivity index (χ3n) is 4.50. The molecule has 0 unspecified atom stereocenters. The molecule has 1 saturated heterocycles. The van der Waals surface area contributed by atoms with Gasteiger partial charge in [-0.25, -0.2) is 17.1 Å². The van der Waals surface area contributed by atoms with Crippen LogP contribution in [0.2, 0.25) is 5.02 Å². The Hall–Kier alpha value is -1.96. The number of hydrogen-bond acceptors (Lipinski definition) is 3. The Balaban J connectivity index is 1.65. The smallest absolute Gasteiger partial charge is 0.228 e. The molecular formula is C19H20ClFN2O3S. The minimum absolute atomic E-state index is 0.135. The second-order valence-corrected chi connectivity index (χ2v) is 8.98. The van der Waals surface area contributed by atoms with Crippen LogP contribution in [-0.4, -0.2) is 31.7 Å². The maximum Gasteiger partial charge on any atom is 0.228 e. The van der Waals surface area contributed by atoms with Crippen LogP contribution in [0.15, 0.2) is 48.5 Å². The Bertz CT molecular complexity index is 919. The molecule has 0 aromatic heterocycles. The van der Waals surface area contributed by atoms with Crippen molar-refractivity contribution in [3.05, 3.63) is 64.9 Å². The lowest BCUT2D eigenvalue weighted by molar-refractivity contribution is -0.120. The first-order valence-corrected chi connectivity index (χ1v) is 10.6. The van der Waals surface area contributed by atoms with Gasteiger partial charge in [0.2, 0.25) is 15.9 Å². The quantitative estimate of drug-likeness (QED) is 0.818. The van der Waals surface area contributed by atoms with Crippen molar-refractivity contribution in [3.63, 3.8) is 0 Å². The maximum absolute atomic E-state index is 13.0. The Labute approximate surface area is 163 Å². The van der Waals surface area contributed by atoms with Gasteiger partial charge in [0.25, 0.3) is 0 Å². The predicted molar refractivity (Wildman–Crippen MR) is 103 cm³/mol. The zero-order valence-corrected chi connectivity index (χ0v) is 16.1. The Morgan fingerprint density at radius 1 is 1.22 bits per heavy atom. The predicted octanol–water partition coefficient (Wildman–Crippen LogP) is 3.66. The van der Waals surface area contributed by atoms with Gasteiger partial charge in [0.1, 0.15) is 5.82 Å². The van der Waals surface area contributed by atoms with Crippen LogP contribution < -0.4 is 5.32 Å². The molecule has 0 spiro atoms. The Kier molecular flexibility index (Phi) is 6.14. The summed E-state index contributed by atoms with van der Waals surface area (Å²) in [7, 11) is -3.59. The fourth-order valence-corrected chi connectivity index (χ4v) is 4.90. The number of sulfonamides is 1. The van der Waals surface area contributed by atoms with Gasteiger partial charge in [-0.05, 0) is 48.7 Å². The van der Waals surface area contributed by atoms with Crippen molar-refractivity contribution in [2.24, 2.45) is 5.92 Å². The first kappa shape index (κ1) is 19.8. The molecule has 1 aliphatic heterocycles. The van der Waals surface area contributed by atoms with E-state index in [0.29, 0.717) is 35.7 Å². The molecule has 5 nitrogen and oxygen atoms in total. The number of piperidine rings is 1. The zero-order valence-electron chi connectivity index (χ0n) is 14.6. The summed E-state index contributed by atoms with van der Waals surface area (Å²) in [6.45, 7) is 0.514. The van der Waals surface area contributed by atoms with Crippen LogP contribution >= 0.6 is 11.6 Å². The SMILES string of the molecule is O=C(Nc1cccc(Cl)c1)[C@H]1CCCN(S(=O)(=O)Cc2ccc(F)cc2)C1. The standard InChI is InChI=1S/C19H20ClFN2O3S/c20-16-4-1-5-18(11-16)22-19(24)15-3-2-10-23(12-15)27(25,26)13-14-6-8-17(21)9-7-14/h1,4-9,11,15H,2-3,10,12-13H2,(H,22,24)/t15-/m0/s1. The van der Waals surface area contributed by atoms with Gasteiger partial charge in [-0.3, -0.25) is 4.79 Å². The summed E-state index contributed by atoms with van der Waals surface area (Å²) in [6, 6.07) is 12.2. The molecule has 1 fully saturated rings. The topological polar surface area (TPSA) is 66.5 Å². The highest BCUT2D eigenvalue weighted by Gasteiger charge is 2.32. The van der Waals surface area contributed by atoms with E-state index >= 15 is 0 Å². The average Bonchev–Trinajstić information content (AvgIpc) is 2.63. The first-order chi connectivity index (χ1) is 12.8. The van der Waals surface area contributed by atoms with Crippen LogP contribution in [-0.2, 0) is 20.6 Å². The van der Waals surface area contributed by atoms with Gasteiger partial charge < -0.3 is 5.32 Å². The van der Waals surface area contributed by atoms with E-state index in [1.54, 1.807) is 24.3 Å². The van der Waals surface area contributed by atoms with E-state index in [0.717, 1.165) is 0 Å². The minimum atomic E-state index is -3.59. The first-order valence-electron chi connectivity index (χ1n) is 8.62. The van der Waals surface area contributed by atoms with Crippen molar-refractivity contribution in [1.29, 1.82) is 0 Å². The van der Waals surface area contributed by atoms with E-state index in [-0.39, 0.29) is 18.2 Å². The van der Waals surface area contributed by atoms with Crippen LogP contribution in [0.5, 0.6) is 0 Å². The van der Waals surface area contributed by atoms with E-state index in [1.807, 2.05) is 0 Å². The van der Waals surface area contributed by atoms with Crippen molar-refractivity contribution in [2.45, 2.75) is 18.6 Å². The van der Waals surface area contributed by atoms with Crippen molar-refractivity contribution in [1.82, 2.24) is 4.31 Å². The van der Waals surface area contributed by atoms with Crippen LogP contribution in [0.4, 0.5) is 10.1 Å². The lowest BCUT2D eigenvalue weighted by Gasteiger charge is -2.31. The summed E-state index contributed by atoms with van der Waals surface area (Å²) < 4.78 is 39.7. The maximum atomic E-state index is 13.0. The number of carbonyl (C=O) groups excluding carboxylic acids is 1. The molecule has 144 valence electrons. The molecule has 3 rings (SSSR count). The zero-order chi connectivity index (χ0) is 19.4. The molecule has 2 aromatic carbocycles. The van der Waals surface area contributed by atoms with Crippen molar-refractivity contribution in [2.75, 3.05) is 18.4 Å². The van der Waals surface area contributed by atoms with Crippen LogP contribution in [0.25, 0.3) is 0 Å². The molecule has 0 aliphatic carbocycles. The number of nitrogens with one attached hydrogen (secondary N) is 1. The number of nitrogens with zero attached hydrogens (tertiary/aromatic N) is 1. The summed E-state index contributed by atoms with van der Waals surface area (Å²) in [6.07, 6.45) is 1.23. The Morgan fingerprint density at radius 3 is 2.67 bits per heavy atom. The second-order valence-electron chi connectivity index (χ2n) is 6.58. The fraction of sp³-hybridized carbons (Fsp3) is 0.316. The number of benzene rings is 2. The lowest BCUT2D eigenvalue weighted by atomic mass is 9.99. The number of amides is 1. The molecule has 1 atom stereocenters. The van der Waals surface area contributed by atoms with E-state index in [2.05, 4.69) is 5.32 Å². The van der Waals surface area contributed by atoms with Gasteiger partial charge in [-0.15, -0.1) is 0 Å². The molecule has 27 heavy (non-hydrogen) atoms. The van der Waals surface area contributed by atoms with E-state index < -0.39 is 21.8 Å². The van der Waals surface area contributed by atoms with Crippen molar-refractivity contribution < 1.29 is 17.6 Å². The normalized spacial score (nSPS) is 18.2. The number of anilines is 1. The van der Waals surface area contributed by atoms with E-state index in [4.69, 9.17) is 11.6 Å². The van der Waals surface area contributed by atoms with Gasteiger partial charge in [-0.2, -0.15) is 0 Å². The van der Waals surface area contributed by atoms with E-state index in [1.165, 1.54) is 28.6 Å². The van der Waals surface area contributed by atoms with E-state index in [9.17, 15) is 17.6 Å². The molecule has 1 amide bonds. The van der Waals surface area contributed by atoms with Gasteiger partial charge in [0.15, 0.2) is 0 Å². The second kappa shape index (κ2) is 8.37. The van der Waals surface area contributed by atoms with Crippen LogP contribution in [0.1, 0.15) is 18.4 Å². The number of halogens is 2. The largest absolute Gasteiger partial charge is 0.326 e. The highest BCUT2D eigenvalue weighted by Crippen LogP contribution is 2.23. The van der Waals surface area contributed by atoms with Crippen LogP contribution in [0.3, 0.4) is 0 Å². The third kappa shape index (κ3) is 5.28. The molecule has 0 bridgehead atoms.